The second-order valence-electron chi connectivity index (χ2n) is 5.37. The van der Waals surface area contributed by atoms with E-state index in [0.29, 0.717) is 18.5 Å². The molecule has 0 aromatic heterocycles. The van der Waals surface area contributed by atoms with Gasteiger partial charge in [0.05, 0.1) is 6.54 Å². The number of hydrogen-bond donors (Lipinski definition) is 1. The van der Waals surface area contributed by atoms with Crippen LogP contribution in [0.15, 0.2) is 24.3 Å². The Bertz CT molecular complexity index is 376. The molecular formula is C15H21NO. The maximum absolute atomic E-state index is 11.8. The van der Waals surface area contributed by atoms with Crippen molar-refractivity contribution in [2.24, 2.45) is 5.92 Å². The van der Waals surface area contributed by atoms with Gasteiger partial charge >= 0.3 is 0 Å². The van der Waals surface area contributed by atoms with Crippen molar-refractivity contribution in [3.8, 4) is 0 Å². The zero-order valence-corrected chi connectivity index (χ0v) is 10.7. The normalized spacial score (nSPS) is 15.2. The lowest BCUT2D eigenvalue weighted by atomic mass is 10.0. The Morgan fingerprint density at radius 2 is 1.94 bits per heavy atom. The van der Waals surface area contributed by atoms with Crippen LogP contribution in [0.1, 0.15) is 42.6 Å². The van der Waals surface area contributed by atoms with E-state index >= 15 is 0 Å². The fourth-order valence-electron chi connectivity index (χ4n) is 1.92. The molecule has 17 heavy (non-hydrogen) atoms. The molecule has 1 N–H and O–H groups in total. The molecule has 1 aliphatic carbocycles. The van der Waals surface area contributed by atoms with Crippen LogP contribution in [0, 0.1) is 5.92 Å². The summed E-state index contributed by atoms with van der Waals surface area (Å²) in [6.07, 6.45) is 3.52. The van der Waals surface area contributed by atoms with Gasteiger partial charge in [-0.15, -0.1) is 0 Å². The quantitative estimate of drug-likeness (QED) is 0.763. The van der Waals surface area contributed by atoms with E-state index in [0.717, 1.165) is 12.0 Å². The van der Waals surface area contributed by atoms with Gasteiger partial charge in [-0.3, -0.25) is 4.79 Å². The van der Waals surface area contributed by atoms with Gasteiger partial charge in [0.1, 0.15) is 0 Å². The molecule has 0 radical (unpaired) electrons. The zero-order chi connectivity index (χ0) is 12.3. The highest BCUT2D eigenvalue weighted by atomic mass is 16.1. The van der Waals surface area contributed by atoms with E-state index in [2.05, 4.69) is 31.3 Å². The molecule has 0 heterocycles. The summed E-state index contributed by atoms with van der Waals surface area (Å²) in [5.41, 5.74) is 2.14. The van der Waals surface area contributed by atoms with Crippen LogP contribution in [0.2, 0.25) is 0 Å². The van der Waals surface area contributed by atoms with Crippen LogP contribution in [0.25, 0.3) is 0 Å². The molecule has 1 aliphatic rings. The highest BCUT2D eigenvalue weighted by Crippen LogP contribution is 2.18. The molecule has 0 spiro atoms. The average molecular weight is 231 g/mol. The Kier molecular flexibility index (Phi) is 3.95. The molecule has 92 valence electrons. The van der Waals surface area contributed by atoms with E-state index in [9.17, 15) is 4.79 Å². The van der Waals surface area contributed by atoms with E-state index in [4.69, 9.17) is 0 Å². The Morgan fingerprint density at radius 3 is 2.47 bits per heavy atom. The monoisotopic (exact) mass is 231 g/mol. The summed E-state index contributed by atoms with van der Waals surface area (Å²) in [6, 6.07) is 8.65. The lowest BCUT2D eigenvalue weighted by Gasteiger charge is -2.06. The van der Waals surface area contributed by atoms with Crippen LogP contribution in [0.4, 0.5) is 0 Å². The molecule has 1 aromatic rings. The maximum Gasteiger partial charge on any atom is 0.176 e. The highest BCUT2D eigenvalue weighted by Gasteiger charge is 2.21. The van der Waals surface area contributed by atoms with Crippen LogP contribution in [-0.2, 0) is 6.42 Å². The van der Waals surface area contributed by atoms with Gasteiger partial charge in [-0.25, -0.2) is 0 Å². The molecule has 0 aliphatic heterocycles. The van der Waals surface area contributed by atoms with Gasteiger partial charge in [-0.2, -0.15) is 0 Å². The molecule has 0 amide bonds. The second kappa shape index (κ2) is 5.46. The molecule has 1 fully saturated rings. The van der Waals surface area contributed by atoms with Crippen LogP contribution < -0.4 is 5.32 Å². The molecule has 2 nitrogen and oxygen atoms in total. The summed E-state index contributed by atoms with van der Waals surface area (Å²) >= 11 is 0. The summed E-state index contributed by atoms with van der Waals surface area (Å²) in [5, 5.41) is 3.25. The van der Waals surface area contributed by atoms with Crippen molar-refractivity contribution >= 4 is 5.78 Å². The largest absolute Gasteiger partial charge is 0.307 e. The SMILES string of the molecule is CC(C)Cc1ccc(C(=O)CNC2CC2)cc1. The molecule has 2 heteroatoms. The molecule has 0 unspecified atom stereocenters. The first-order chi connectivity index (χ1) is 8.15. The lowest BCUT2D eigenvalue weighted by Crippen LogP contribution is -2.24. The van der Waals surface area contributed by atoms with Crippen molar-refractivity contribution in [2.75, 3.05) is 6.54 Å². The van der Waals surface area contributed by atoms with Gasteiger partial charge in [-0.1, -0.05) is 38.1 Å². The molecule has 0 saturated heterocycles. The van der Waals surface area contributed by atoms with Gasteiger partial charge in [-0.05, 0) is 30.7 Å². The van der Waals surface area contributed by atoms with Crippen molar-refractivity contribution in [1.29, 1.82) is 0 Å². The number of ketones is 1. The minimum absolute atomic E-state index is 0.202. The van der Waals surface area contributed by atoms with Crippen molar-refractivity contribution < 1.29 is 4.79 Å². The Hall–Kier alpha value is -1.15. The van der Waals surface area contributed by atoms with Gasteiger partial charge in [0.25, 0.3) is 0 Å². The lowest BCUT2D eigenvalue weighted by molar-refractivity contribution is 0.0990. The van der Waals surface area contributed by atoms with E-state index < -0.39 is 0 Å². The molecule has 1 aromatic carbocycles. The summed E-state index contributed by atoms with van der Waals surface area (Å²) in [6.45, 7) is 4.89. The third kappa shape index (κ3) is 3.97. The highest BCUT2D eigenvalue weighted by molar-refractivity contribution is 5.97. The van der Waals surface area contributed by atoms with Crippen LogP contribution in [-0.4, -0.2) is 18.4 Å². The Labute approximate surface area is 103 Å². The predicted octanol–water partition coefficient (Wildman–Crippen LogP) is 2.82. The summed E-state index contributed by atoms with van der Waals surface area (Å²) in [4.78, 5) is 11.8. The van der Waals surface area contributed by atoms with Crippen molar-refractivity contribution in [3.63, 3.8) is 0 Å². The number of rotatable bonds is 6. The summed E-state index contributed by atoms with van der Waals surface area (Å²) < 4.78 is 0. The fraction of sp³-hybridized carbons (Fsp3) is 0.533. The van der Waals surface area contributed by atoms with E-state index in [1.165, 1.54) is 18.4 Å². The topological polar surface area (TPSA) is 29.1 Å². The van der Waals surface area contributed by atoms with Crippen molar-refractivity contribution in [1.82, 2.24) is 5.32 Å². The summed E-state index contributed by atoms with van der Waals surface area (Å²) in [7, 11) is 0. The van der Waals surface area contributed by atoms with Crippen LogP contribution in [0.3, 0.4) is 0 Å². The van der Waals surface area contributed by atoms with Crippen LogP contribution in [0.5, 0.6) is 0 Å². The van der Waals surface area contributed by atoms with Crippen molar-refractivity contribution in [3.05, 3.63) is 35.4 Å². The van der Waals surface area contributed by atoms with Gasteiger partial charge < -0.3 is 5.32 Å². The number of nitrogens with one attached hydrogen (secondary N) is 1. The Balaban J connectivity index is 1.89. The third-order valence-electron chi connectivity index (χ3n) is 3.05. The first-order valence-electron chi connectivity index (χ1n) is 6.50. The molecule has 0 atom stereocenters. The smallest absolute Gasteiger partial charge is 0.176 e. The molecule has 0 bridgehead atoms. The molecular weight excluding hydrogens is 210 g/mol. The summed E-state index contributed by atoms with van der Waals surface area (Å²) in [5.74, 6) is 0.862. The molecule has 2 rings (SSSR count). The minimum Gasteiger partial charge on any atom is -0.307 e. The number of Topliss-reactive ketones (excluding diaryl/α,β-unsaturated/α-hetero) is 1. The third-order valence-corrected chi connectivity index (χ3v) is 3.05. The standard InChI is InChI=1S/C15H21NO/c1-11(2)9-12-3-5-13(6-4-12)15(17)10-16-14-7-8-14/h3-6,11,14,16H,7-10H2,1-2H3. The Morgan fingerprint density at radius 1 is 1.29 bits per heavy atom. The minimum atomic E-state index is 0.202. The number of carbonyl (C=O) groups excluding carboxylic acids is 1. The van der Waals surface area contributed by atoms with E-state index in [1.807, 2.05) is 12.1 Å². The fourth-order valence-corrected chi connectivity index (χ4v) is 1.92. The number of carbonyl (C=O) groups is 1. The van der Waals surface area contributed by atoms with E-state index in [-0.39, 0.29) is 5.78 Å². The van der Waals surface area contributed by atoms with Crippen molar-refractivity contribution in [2.45, 2.75) is 39.2 Å². The molecule has 1 saturated carbocycles. The average Bonchev–Trinajstić information content (AvgIpc) is 3.10. The van der Waals surface area contributed by atoms with E-state index in [1.54, 1.807) is 0 Å². The number of hydrogen-bond acceptors (Lipinski definition) is 2. The predicted molar refractivity (Wildman–Crippen MR) is 70.3 cm³/mol. The first kappa shape index (κ1) is 12.3. The maximum atomic E-state index is 11.8. The van der Waals surface area contributed by atoms with Gasteiger partial charge in [0.2, 0.25) is 0 Å². The van der Waals surface area contributed by atoms with Gasteiger partial charge in [0.15, 0.2) is 5.78 Å². The first-order valence-corrected chi connectivity index (χ1v) is 6.50. The van der Waals surface area contributed by atoms with Gasteiger partial charge in [0, 0.05) is 11.6 Å². The second-order valence-corrected chi connectivity index (χ2v) is 5.37. The van der Waals surface area contributed by atoms with Crippen LogP contribution >= 0.6 is 0 Å². The zero-order valence-electron chi connectivity index (χ0n) is 10.7. The number of benzene rings is 1.